The number of benzene rings is 3. The molecule has 0 saturated carbocycles. The van der Waals surface area contributed by atoms with Crippen LogP contribution in [0.4, 0.5) is 17.2 Å². The molecule has 160 valence electrons. The topological polar surface area (TPSA) is 66.9 Å². The van der Waals surface area contributed by atoms with Crippen LogP contribution in [0.1, 0.15) is 17.8 Å². The number of carbonyl (C=O) groups excluding carboxylic acids is 1. The van der Waals surface area contributed by atoms with Crippen LogP contribution in [0.15, 0.2) is 84.9 Å². The van der Waals surface area contributed by atoms with Crippen LogP contribution in [-0.2, 0) is 11.2 Å². The predicted molar refractivity (Wildman–Crippen MR) is 130 cm³/mol. The van der Waals surface area contributed by atoms with E-state index < -0.39 is 0 Å². The van der Waals surface area contributed by atoms with Gasteiger partial charge in [-0.3, -0.25) is 4.79 Å². The molecule has 4 rings (SSSR count). The van der Waals surface area contributed by atoms with E-state index >= 15 is 0 Å². The van der Waals surface area contributed by atoms with E-state index in [2.05, 4.69) is 20.6 Å². The number of carbonyl (C=O) groups is 1. The van der Waals surface area contributed by atoms with Crippen LogP contribution >= 0.6 is 11.6 Å². The van der Waals surface area contributed by atoms with Gasteiger partial charge in [0, 0.05) is 34.4 Å². The van der Waals surface area contributed by atoms with Crippen LogP contribution < -0.4 is 10.6 Å². The molecule has 4 aromatic rings. The third kappa shape index (κ3) is 5.93. The molecule has 5 nitrogen and oxygen atoms in total. The average Bonchev–Trinajstić information content (AvgIpc) is 2.79. The Labute approximate surface area is 192 Å². The van der Waals surface area contributed by atoms with Gasteiger partial charge in [0.2, 0.25) is 5.91 Å². The van der Waals surface area contributed by atoms with E-state index in [4.69, 9.17) is 11.6 Å². The van der Waals surface area contributed by atoms with E-state index in [1.165, 1.54) is 0 Å². The van der Waals surface area contributed by atoms with Crippen molar-refractivity contribution in [1.29, 1.82) is 0 Å². The summed E-state index contributed by atoms with van der Waals surface area (Å²) < 4.78 is 0. The lowest BCUT2D eigenvalue weighted by Crippen LogP contribution is -2.12. The maximum absolute atomic E-state index is 12.4. The van der Waals surface area contributed by atoms with E-state index in [1.807, 2.05) is 91.9 Å². The Hall–Kier alpha value is -3.70. The molecule has 0 unspecified atom stereocenters. The smallest absolute Gasteiger partial charge is 0.224 e. The minimum absolute atomic E-state index is 0.0404. The van der Waals surface area contributed by atoms with Crippen LogP contribution in [0.5, 0.6) is 0 Å². The van der Waals surface area contributed by atoms with Gasteiger partial charge in [0.15, 0.2) is 0 Å². The Morgan fingerprint density at radius 3 is 2.41 bits per heavy atom. The van der Waals surface area contributed by atoms with Crippen molar-refractivity contribution in [1.82, 2.24) is 9.97 Å². The van der Waals surface area contributed by atoms with Gasteiger partial charge in [0.25, 0.3) is 0 Å². The fourth-order valence-corrected chi connectivity index (χ4v) is 3.47. The molecule has 1 aromatic heterocycles. The fourth-order valence-electron chi connectivity index (χ4n) is 3.34. The molecule has 1 amide bonds. The van der Waals surface area contributed by atoms with Gasteiger partial charge < -0.3 is 10.6 Å². The van der Waals surface area contributed by atoms with Gasteiger partial charge in [-0.1, -0.05) is 60.1 Å². The molecule has 2 N–H and O–H groups in total. The van der Waals surface area contributed by atoms with E-state index in [1.54, 1.807) is 0 Å². The van der Waals surface area contributed by atoms with Crippen LogP contribution in [0, 0.1) is 6.92 Å². The van der Waals surface area contributed by atoms with Crippen LogP contribution in [-0.4, -0.2) is 15.9 Å². The minimum atomic E-state index is -0.0404. The summed E-state index contributed by atoms with van der Waals surface area (Å²) in [7, 11) is 0. The Balaban J connectivity index is 1.41. The number of anilines is 3. The summed E-state index contributed by atoms with van der Waals surface area (Å²) in [4.78, 5) is 21.4. The van der Waals surface area contributed by atoms with Crippen molar-refractivity contribution in [3.05, 3.63) is 101 Å². The zero-order valence-electron chi connectivity index (χ0n) is 17.7. The molecule has 0 aliphatic heterocycles. The fraction of sp³-hybridized carbons (Fsp3) is 0.115. The first-order chi connectivity index (χ1) is 15.5. The Kier molecular flexibility index (Phi) is 6.78. The first-order valence-corrected chi connectivity index (χ1v) is 10.8. The lowest BCUT2D eigenvalue weighted by Gasteiger charge is -2.11. The van der Waals surface area contributed by atoms with E-state index in [-0.39, 0.29) is 5.91 Å². The Bertz CT molecular complexity index is 1210. The van der Waals surface area contributed by atoms with E-state index in [0.717, 1.165) is 28.2 Å². The van der Waals surface area contributed by atoms with E-state index in [9.17, 15) is 4.79 Å². The van der Waals surface area contributed by atoms with Crippen molar-refractivity contribution >= 4 is 34.7 Å². The van der Waals surface area contributed by atoms with Crippen molar-refractivity contribution in [2.75, 3.05) is 10.6 Å². The van der Waals surface area contributed by atoms with E-state index in [0.29, 0.717) is 29.5 Å². The highest BCUT2D eigenvalue weighted by atomic mass is 35.5. The maximum Gasteiger partial charge on any atom is 0.224 e. The third-order valence-electron chi connectivity index (χ3n) is 4.88. The molecule has 32 heavy (non-hydrogen) atoms. The summed E-state index contributed by atoms with van der Waals surface area (Å²) in [5, 5.41) is 6.97. The zero-order valence-corrected chi connectivity index (χ0v) is 18.4. The van der Waals surface area contributed by atoms with Gasteiger partial charge in [-0.2, -0.15) is 0 Å². The summed E-state index contributed by atoms with van der Waals surface area (Å²) >= 11 is 5.91. The molecule has 0 aliphatic carbocycles. The SMILES string of the molecule is Cc1nc(Nc2cccc(NC(=O)CCc3ccc(Cl)cc3)c2)cc(-c2ccccc2)n1. The van der Waals surface area contributed by atoms with Crippen LogP contribution in [0.25, 0.3) is 11.3 Å². The second-order valence-electron chi connectivity index (χ2n) is 7.43. The van der Waals surface area contributed by atoms with Crippen molar-refractivity contribution in [2.45, 2.75) is 19.8 Å². The van der Waals surface area contributed by atoms with Crippen molar-refractivity contribution < 1.29 is 4.79 Å². The Morgan fingerprint density at radius 1 is 0.875 bits per heavy atom. The standard InChI is InChI=1S/C26H23ClN4O/c1-18-28-24(20-6-3-2-4-7-20)17-25(29-18)30-22-8-5-9-23(16-22)31-26(32)15-12-19-10-13-21(27)14-11-19/h2-11,13-14,16-17H,12,15H2,1H3,(H,31,32)(H,28,29,30). The van der Waals surface area contributed by atoms with Gasteiger partial charge in [0.1, 0.15) is 11.6 Å². The summed E-state index contributed by atoms with van der Waals surface area (Å²) in [6.07, 6.45) is 1.05. The number of rotatable bonds is 7. The quantitative estimate of drug-likeness (QED) is 0.346. The van der Waals surface area contributed by atoms with Gasteiger partial charge in [-0.05, 0) is 49.2 Å². The monoisotopic (exact) mass is 442 g/mol. The molecule has 0 aliphatic rings. The van der Waals surface area contributed by atoms with Crippen molar-refractivity contribution in [3.63, 3.8) is 0 Å². The lowest BCUT2D eigenvalue weighted by molar-refractivity contribution is -0.116. The lowest BCUT2D eigenvalue weighted by atomic mass is 10.1. The molecular weight excluding hydrogens is 420 g/mol. The summed E-state index contributed by atoms with van der Waals surface area (Å²) in [5.74, 6) is 1.34. The number of nitrogens with one attached hydrogen (secondary N) is 2. The number of amides is 1. The molecule has 0 fully saturated rings. The molecule has 1 heterocycles. The third-order valence-corrected chi connectivity index (χ3v) is 5.13. The van der Waals surface area contributed by atoms with Crippen LogP contribution in [0.2, 0.25) is 5.02 Å². The predicted octanol–water partition coefficient (Wildman–Crippen LogP) is 6.42. The number of aryl methyl sites for hydroxylation is 2. The molecule has 0 saturated heterocycles. The summed E-state index contributed by atoms with van der Waals surface area (Å²) in [6.45, 7) is 1.87. The molecule has 3 aromatic carbocycles. The molecule has 0 radical (unpaired) electrons. The first kappa shape index (κ1) is 21.5. The van der Waals surface area contributed by atoms with Gasteiger partial charge in [-0.25, -0.2) is 9.97 Å². The largest absolute Gasteiger partial charge is 0.340 e. The number of aromatic nitrogens is 2. The number of nitrogens with zero attached hydrogens (tertiary/aromatic N) is 2. The molecule has 0 atom stereocenters. The van der Waals surface area contributed by atoms with Crippen molar-refractivity contribution in [2.24, 2.45) is 0 Å². The maximum atomic E-state index is 12.4. The average molecular weight is 443 g/mol. The number of halogens is 1. The van der Waals surface area contributed by atoms with Crippen LogP contribution in [0.3, 0.4) is 0 Å². The van der Waals surface area contributed by atoms with Crippen molar-refractivity contribution in [3.8, 4) is 11.3 Å². The zero-order chi connectivity index (χ0) is 22.3. The van der Waals surface area contributed by atoms with Gasteiger partial charge in [0.05, 0.1) is 5.69 Å². The number of hydrogen-bond donors (Lipinski definition) is 2. The Morgan fingerprint density at radius 2 is 1.62 bits per heavy atom. The highest BCUT2D eigenvalue weighted by molar-refractivity contribution is 6.30. The molecule has 0 bridgehead atoms. The summed E-state index contributed by atoms with van der Waals surface area (Å²) in [5.41, 5.74) is 4.52. The first-order valence-electron chi connectivity index (χ1n) is 10.4. The number of hydrogen-bond acceptors (Lipinski definition) is 4. The summed E-state index contributed by atoms with van der Waals surface area (Å²) in [6, 6.07) is 27.0. The minimum Gasteiger partial charge on any atom is -0.340 e. The molecular formula is C26H23ClN4O. The van der Waals surface area contributed by atoms with Gasteiger partial charge >= 0.3 is 0 Å². The molecule has 6 heteroatoms. The van der Waals surface area contributed by atoms with Gasteiger partial charge in [-0.15, -0.1) is 0 Å². The highest BCUT2D eigenvalue weighted by Gasteiger charge is 2.07. The second-order valence-corrected chi connectivity index (χ2v) is 7.87. The normalized spacial score (nSPS) is 10.6. The highest BCUT2D eigenvalue weighted by Crippen LogP contribution is 2.23. The second kappa shape index (κ2) is 10.1. The molecule has 0 spiro atoms.